The number of nitro groups is 1. The van der Waals surface area contributed by atoms with Crippen LogP contribution in [0.1, 0.15) is 12.7 Å². The molecule has 2 unspecified atom stereocenters. The normalized spacial score (nSPS) is 23.9. The van der Waals surface area contributed by atoms with Gasteiger partial charge in [0.25, 0.3) is 0 Å². The lowest BCUT2D eigenvalue weighted by atomic mass is 10.2. The number of imidazole rings is 1. The molecule has 1 aromatic rings. The Hall–Kier alpha value is -1.51. The smallest absolute Gasteiger partial charge is 0.342 e. The number of aliphatic hydroxyl groups excluding tert-OH is 1. The van der Waals surface area contributed by atoms with E-state index >= 15 is 0 Å². The summed E-state index contributed by atoms with van der Waals surface area (Å²) in [4.78, 5) is 16.6. The molecule has 8 nitrogen and oxygen atoms in total. The summed E-state index contributed by atoms with van der Waals surface area (Å²) in [5, 5.41) is 20.1. The van der Waals surface area contributed by atoms with E-state index in [0.717, 1.165) is 6.54 Å². The lowest BCUT2D eigenvalue weighted by molar-refractivity contribution is -0.392. The first-order chi connectivity index (χ1) is 9.51. The Balaban J connectivity index is 1.98. The van der Waals surface area contributed by atoms with Gasteiger partial charge in [-0.1, -0.05) is 0 Å². The lowest BCUT2D eigenvalue weighted by Gasteiger charge is -2.35. The van der Waals surface area contributed by atoms with E-state index in [2.05, 4.69) is 9.88 Å². The largest absolute Gasteiger partial charge is 0.394 e. The van der Waals surface area contributed by atoms with Gasteiger partial charge in [-0.15, -0.1) is 0 Å². The van der Waals surface area contributed by atoms with Crippen molar-refractivity contribution in [2.45, 2.75) is 32.6 Å². The van der Waals surface area contributed by atoms with Crippen LogP contribution in [-0.4, -0.2) is 62.9 Å². The number of nitrogens with zero attached hydrogens (tertiary/aromatic N) is 4. The first kappa shape index (κ1) is 14.9. The van der Waals surface area contributed by atoms with Crippen molar-refractivity contribution in [3.05, 3.63) is 22.1 Å². The summed E-state index contributed by atoms with van der Waals surface area (Å²) in [6.45, 7) is 6.28. The van der Waals surface area contributed by atoms with Crippen molar-refractivity contribution < 1.29 is 14.8 Å². The maximum atomic E-state index is 10.9. The van der Waals surface area contributed by atoms with Crippen LogP contribution in [0.3, 0.4) is 0 Å². The number of hydrogen-bond acceptors (Lipinski definition) is 6. The maximum Gasteiger partial charge on any atom is 0.342 e. The van der Waals surface area contributed by atoms with Gasteiger partial charge < -0.3 is 20.0 Å². The van der Waals surface area contributed by atoms with Crippen LogP contribution in [-0.2, 0) is 11.3 Å². The van der Waals surface area contributed by atoms with Crippen LogP contribution in [0.5, 0.6) is 0 Å². The molecule has 2 rings (SSSR count). The average Bonchev–Trinajstić information content (AvgIpc) is 2.77. The van der Waals surface area contributed by atoms with E-state index in [9.17, 15) is 15.2 Å². The Morgan fingerprint density at radius 1 is 1.55 bits per heavy atom. The number of aromatic nitrogens is 2. The molecule has 1 saturated heterocycles. The molecule has 0 spiro atoms. The molecule has 0 aliphatic carbocycles. The molecular weight excluding hydrogens is 264 g/mol. The SMILES string of the molecule is Cc1ncc([N+](=O)[O-])n1CCN1CC(C)OC(CO)C1. The first-order valence-electron chi connectivity index (χ1n) is 6.66. The Morgan fingerprint density at radius 3 is 2.95 bits per heavy atom. The van der Waals surface area contributed by atoms with Crippen LogP contribution < -0.4 is 0 Å². The second-order valence-electron chi connectivity index (χ2n) is 5.08. The number of rotatable bonds is 5. The van der Waals surface area contributed by atoms with Crippen LogP contribution in [0, 0.1) is 17.0 Å². The van der Waals surface area contributed by atoms with Crippen LogP contribution in [0.15, 0.2) is 6.20 Å². The van der Waals surface area contributed by atoms with Crippen molar-refractivity contribution in [3.8, 4) is 0 Å². The van der Waals surface area contributed by atoms with Crippen molar-refractivity contribution in [2.75, 3.05) is 26.2 Å². The van der Waals surface area contributed by atoms with Gasteiger partial charge in [0.15, 0.2) is 5.82 Å². The Bertz CT molecular complexity index is 476. The van der Waals surface area contributed by atoms with Crippen molar-refractivity contribution in [2.24, 2.45) is 0 Å². The van der Waals surface area contributed by atoms with E-state index < -0.39 is 4.92 Å². The summed E-state index contributed by atoms with van der Waals surface area (Å²) in [6.07, 6.45) is 1.16. The van der Waals surface area contributed by atoms with Gasteiger partial charge in [0.2, 0.25) is 0 Å². The molecule has 2 atom stereocenters. The van der Waals surface area contributed by atoms with Crippen LogP contribution in [0.4, 0.5) is 5.82 Å². The number of aliphatic hydroxyl groups is 1. The zero-order valence-corrected chi connectivity index (χ0v) is 11.7. The summed E-state index contributed by atoms with van der Waals surface area (Å²) < 4.78 is 7.17. The predicted octanol–water partition coefficient (Wildman–Crippen LogP) is 0.181. The third kappa shape index (κ3) is 3.33. The Labute approximate surface area is 117 Å². The van der Waals surface area contributed by atoms with E-state index in [1.807, 2.05) is 6.92 Å². The third-order valence-electron chi connectivity index (χ3n) is 3.47. The molecule has 1 fully saturated rings. The van der Waals surface area contributed by atoms with Gasteiger partial charge in [0.05, 0.1) is 18.8 Å². The molecule has 1 aliphatic heterocycles. The monoisotopic (exact) mass is 284 g/mol. The minimum Gasteiger partial charge on any atom is -0.394 e. The zero-order chi connectivity index (χ0) is 14.7. The highest BCUT2D eigenvalue weighted by atomic mass is 16.6. The summed E-state index contributed by atoms with van der Waals surface area (Å²) in [7, 11) is 0. The van der Waals surface area contributed by atoms with E-state index in [4.69, 9.17) is 4.74 Å². The van der Waals surface area contributed by atoms with Gasteiger partial charge in [-0.2, -0.15) is 0 Å². The summed E-state index contributed by atoms with van der Waals surface area (Å²) in [5.74, 6) is 0.652. The fourth-order valence-electron chi connectivity index (χ4n) is 2.54. The van der Waals surface area contributed by atoms with Gasteiger partial charge >= 0.3 is 5.82 Å². The van der Waals surface area contributed by atoms with Crippen LogP contribution >= 0.6 is 0 Å². The molecule has 0 radical (unpaired) electrons. The molecule has 0 amide bonds. The topological polar surface area (TPSA) is 93.7 Å². The van der Waals surface area contributed by atoms with Gasteiger partial charge in [-0.3, -0.25) is 4.90 Å². The highest BCUT2D eigenvalue weighted by Gasteiger charge is 2.26. The lowest BCUT2D eigenvalue weighted by Crippen LogP contribution is -2.48. The van der Waals surface area contributed by atoms with Gasteiger partial charge in [-0.05, 0) is 11.8 Å². The van der Waals surface area contributed by atoms with Gasteiger partial charge in [0.1, 0.15) is 12.7 Å². The second-order valence-corrected chi connectivity index (χ2v) is 5.08. The highest BCUT2D eigenvalue weighted by molar-refractivity contribution is 5.18. The van der Waals surface area contributed by atoms with Gasteiger partial charge in [0, 0.05) is 26.6 Å². The zero-order valence-electron chi connectivity index (χ0n) is 11.7. The predicted molar refractivity (Wildman–Crippen MR) is 71.5 cm³/mol. The molecule has 0 saturated carbocycles. The molecule has 112 valence electrons. The van der Waals surface area contributed by atoms with Crippen LogP contribution in [0.2, 0.25) is 0 Å². The number of aryl methyl sites for hydroxylation is 1. The van der Waals surface area contributed by atoms with E-state index in [1.165, 1.54) is 6.20 Å². The van der Waals surface area contributed by atoms with Crippen molar-refractivity contribution in [1.82, 2.24) is 14.5 Å². The minimum absolute atomic E-state index is 0.00884. The Kier molecular flexibility index (Phi) is 4.69. The molecule has 8 heteroatoms. The van der Waals surface area contributed by atoms with E-state index in [0.29, 0.717) is 25.5 Å². The molecular formula is C12H20N4O4. The number of morpholine rings is 1. The highest BCUT2D eigenvalue weighted by Crippen LogP contribution is 2.15. The standard InChI is InChI=1S/C12H20N4O4/c1-9-6-14(7-11(8-17)20-9)3-4-15-10(2)13-5-12(15)16(18)19/h5,9,11,17H,3-4,6-8H2,1-2H3. The third-order valence-corrected chi connectivity index (χ3v) is 3.47. The van der Waals surface area contributed by atoms with Crippen molar-refractivity contribution >= 4 is 5.82 Å². The number of ether oxygens (including phenoxy) is 1. The molecule has 0 aromatic carbocycles. The minimum atomic E-state index is -0.418. The van der Waals surface area contributed by atoms with Gasteiger partial charge in [-0.25, -0.2) is 9.55 Å². The maximum absolute atomic E-state index is 10.9. The summed E-state index contributed by atoms with van der Waals surface area (Å²) >= 11 is 0. The fraction of sp³-hybridized carbons (Fsp3) is 0.750. The summed E-state index contributed by atoms with van der Waals surface area (Å²) in [6, 6.07) is 0. The van der Waals surface area contributed by atoms with E-state index in [-0.39, 0.29) is 24.6 Å². The van der Waals surface area contributed by atoms with Crippen molar-refractivity contribution in [3.63, 3.8) is 0 Å². The molecule has 1 aromatic heterocycles. The quantitative estimate of drug-likeness (QED) is 0.612. The first-order valence-corrected chi connectivity index (χ1v) is 6.66. The van der Waals surface area contributed by atoms with Crippen molar-refractivity contribution in [1.29, 1.82) is 0 Å². The molecule has 1 aliphatic rings. The second kappa shape index (κ2) is 6.29. The summed E-state index contributed by atoms with van der Waals surface area (Å²) in [5.41, 5.74) is 0. The number of hydrogen-bond donors (Lipinski definition) is 1. The van der Waals surface area contributed by atoms with E-state index in [1.54, 1.807) is 11.5 Å². The molecule has 1 N–H and O–H groups in total. The Morgan fingerprint density at radius 2 is 2.30 bits per heavy atom. The average molecular weight is 284 g/mol. The van der Waals surface area contributed by atoms with Crippen LogP contribution in [0.25, 0.3) is 0 Å². The fourth-order valence-corrected chi connectivity index (χ4v) is 2.54. The molecule has 2 heterocycles. The molecule has 20 heavy (non-hydrogen) atoms. The molecule has 0 bridgehead atoms.